The summed E-state index contributed by atoms with van der Waals surface area (Å²) in [7, 11) is 0. The van der Waals surface area contributed by atoms with Crippen molar-refractivity contribution < 1.29 is 4.42 Å². The third-order valence-electron chi connectivity index (χ3n) is 4.52. The Morgan fingerprint density at radius 1 is 1.35 bits per heavy atom. The summed E-state index contributed by atoms with van der Waals surface area (Å²) >= 11 is 0. The highest BCUT2D eigenvalue weighted by atomic mass is 16.3. The standard InChI is InChI=1S/C17H24N2O/c1-12(2)14-7-8-19(10-14)11-15(18)17-9-13-5-3-4-6-16(13)20-17/h3-6,9,12,14-15H,7-8,10-11,18H2,1-2H3. The number of hydrogen-bond acceptors (Lipinski definition) is 3. The number of likely N-dealkylation sites (tertiary alicyclic amines) is 1. The van der Waals surface area contributed by atoms with Gasteiger partial charge in [-0.05, 0) is 36.9 Å². The Kier molecular flexibility index (Phi) is 3.81. The Balaban J connectivity index is 1.66. The molecular weight excluding hydrogens is 248 g/mol. The van der Waals surface area contributed by atoms with Crippen molar-refractivity contribution in [2.45, 2.75) is 26.3 Å². The molecule has 3 rings (SSSR count). The van der Waals surface area contributed by atoms with E-state index in [1.807, 2.05) is 18.2 Å². The van der Waals surface area contributed by atoms with Gasteiger partial charge >= 0.3 is 0 Å². The zero-order valence-corrected chi connectivity index (χ0v) is 12.4. The molecule has 1 aliphatic heterocycles. The fourth-order valence-electron chi connectivity index (χ4n) is 3.13. The van der Waals surface area contributed by atoms with Crippen LogP contribution in [0.25, 0.3) is 11.0 Å². The smallest absolute Gasteiger partial charge is 0.134 e. The van der Waals surface area contributed by atoms with E-state index >= 15 is 0 Å². The predicted molar refractivity (Wildman–Crippen MR) is 82.5 cm³/mol. The molecule has 20 heavy (non-hydrogen) atoms. The molecule has 0 aliphatic carbocycles. The maximum atomic E-state index is 6.32. The first-order valence-electron chi connectivity index (χ1n) is 7.60. The number of nitrogens with zero attached hydrogens (tertiary/aromatic N) is 1. The quantitative estimate of drug-likeness (QED) is 0.927. The molecule has 0 saturated carbocycles. The molecule has 2 aromatic rings. The molecule has 1 aromatic heterocycles. The molecule has 0 amide bonds. The van der Waals surface area contributed by atoms with Crippen LogP contribution in [0.15, 0.2) is 34.7 Å². The Morgan fingerprint density at radius 2 is 2.15 bits per heavy atom. The second kappa shape index (κ2) is 5.58. The van der Waals surface area contributed by atoms with E-state index in [0.29, 0.717) is 0 Å². The van der Waals surface area contributed by atoms with Crippen LogP contribution in [0.4, 0.5) is 0 Å². The summed E-state index contributed by atoms with van der Waals surface area (Å²) < 4.78 is 5.86. The van der Waals surface area contributed by atoms with Gasteiger partial charge in [0.15, 0.2) is 0 Å². The van der Waals surface area contributed by atoms with Gasteiger partial charge < -0.3 is 15.1 Å². The van der Waals surface area contributed by atoms with Crippen molar-refractivity contribution in [2.24, 2.45) is 17.6 Å². The van der Waals surface area contributed by atoms with E-state index in [1.165, 1.54) is 13.0 Å². The monoisotopic (exact) mass is 272 g/mol. The predicted octanol–water partition coefficient (Wildman–Crippen LogP) is 3.41. The van der Waals surface area contributed by atoms with E-state index < -0.39 is 0 Å². The van der Waals surface area contributed by atoms with Gasteiger partial charge in [0.2, 0.25) is 0 Å². The molecule has 1 aromatic carbocycles. The van der Waals surface area contributed by atoms with Crippen LogP contribution in [0.5, 0.6) is 0 Å². The third-order valence-corrected chi connectivity index (χ3v) is 4.52. The van der Waals surface area contributed by atoms with E-state index in [-0.39, 0.29) is 6.04 Å². The number of benzene rings is 1. The van der Waals surface area contributed by atoms with E-state index in [9.17, 15) is 0 Å². The summed E-state index contributed by atoms with van der Waals surface area (Å²) in [6, 6.07) is 10.1. The summed E-state index contributed by atoms with van der Waals surface area (Å²) in [5.74, 6) is 2.49. The lowest BCUT2D eigenvalue weighted by Gasteiger charge is -2.20. The molecule has 0 bridgehead atoms. The van der Waals surface area contributed by atoms with Crippen LogP contribution in [0.2, 0.25) is 0 Å². The van der Waals surface area contributed by atoms with Gasteiger partial charge in [-0.2, -0.15) is 0 Å². The topological polar surface area (TPSA) is 42.4 Å². The Hall–Kier alpha value is -1.32. The summed E-state index contributed by atoms with van der Waals surface area (Å²) in [5, 5.41) is 1.14. The molecule has 3 heteroatoms. The molecular formula is C17H24N2O. The van der Waals surface area contributed by atoms with Crippen LogP contribution in [-0.4, -0.2) is 24.5 Å². The zero-order valence-electron chi connectivity index (χ0n) is 12.4. The minimum Gasteiger partial charge on any atom is -0.459 e. The van der Waals surface area contributed by atoms with Gasteiger partial charge in [0, 0.05) is 18.5 Å². The van der Waals surface area contributed by atoms with Gasteiger partial charge in [0.05, 0.1) is 6.04 Å². The molecule has 2 atom stereocenters. The van der Waals surface area contributed by atoms with Crippen LogP contribution in [0, 0.1) is 11.8 Å². The average Bonchev–Trinajstić information content (AvgIpc) is 3.04. The second-order valence-electron chi connectivity index (χ2n) is 6.35. The first-order valence-corrected chi connectivity index (χ1v) is 7.60. The maximum absolute atomic E-state index is 6.32. The van der Waals surface area contributed by atoms with Crippen molar-refractivity contribution in [3.8, 4) is 0 Å². The fraction of sp³-hybridized carbons (Fsp3) is 0.529. The summed E-state index contributed by atoms with van der Waals surface area (Å²) in [4.78, 5) is 2.47. The van der Waals surface area contributed by atoms with Crippen LogP contribution < -0.4 is 5.73 Å². The van der Waals surface area contributed by atoms with Gasteiger partial charge in [-0.1, -0.05) is 32.0 Å². The molecule has 0 spiro atoms. The molecule has 108 valence electrons. The summed E-state index contributed by atoms with van der Waals surface area (Å²) in [6.07, 6.45) is 1.30. The van der Waals surface area contributed by atoms with E-state index in [0.717, 1.165) is 41.7 Å². The van der Waals surface area contributed by atoms with Gasteiger partial charge in [0.25, 0.3) is 0 Å². The molecule has 3 nitrogen and oxygen atoms in total. The highest BCUT2D eigenvalue weighted by Gasteiger charge is 2.26. The number of rotatable bonds is 4. The first kappa shape index (κ1) is 13.7. The SMILES string of the molecule is CC(C)C1CCN(CC(N)c2cc3ccccc3o2)C1. The Bertz CT molecular complexity index is 542. The molecule has 2 N–H and O–H groups in total. The molecule has 2 heterocycles. The molecule has 0 radical (unpaired) electrons. The van der Waals surface area contributed by atoms with Gasteiger partial charge in [0.1, 0.15) is 11.3 Å². The Labute approximate surface area is 120 Å². The minimum atomic E-state index is -0.0340. The van der Waals surface area contributed by atoms with Crippen LogP contribution in [0.1, 0.15) is 32.1 Å². The number of hydrogen-bond donors (Lipinski definition) is 1. The van der Waals surface area contributed by atoms with Gasteiger partial charge in [-0.3, -0.25) is 0 Å². The summed E-state index contributed by atoms with van der Waals surface area (Å²) in [6.45, 7) is 7.85. The third kappa shape index (κ3) is 2.74. The number of furan rings is 1. The normalized spacial score (nSPS) is 21.9. The number of fused-ring (bicyclic) bond motifs is 1. The van der Waals surface area contributed by atoms with E-state index in [4.69, 9.17) is 10.2 Å². The summed E-state index contributed by atoms with van der Waals surface area (Å²) in [5.41, 5.74) is 7.25. The van der Waals surface area contributed by atoms with Crippen molar-refractivity contribution in [3.63, 3.8) is 0 Å². The largest absolute Gasteiger partial charge is 0.459 e. The number of nitrogens with two attached hydrogens (primary N) is 1. The van der Waals surface area contributed by atoms with E-state index in [1.54, 1.807) is 0 Å². The first-order chi connectivity index (χ1) is 9.63. The van der Waals surface area contributed by atoms with Gasteiger partial charge in [-0.25, -0.2) is 0 Å². The lowest BCUT2D eigenvalue weighted by Crippen LogP contribution is -2.30. The highest BCUT2D eigenvalue weighted by molar-refractivity contribution is 5.77. The van der Waals surface area contributed by atoms with Crippen LogP contribution in [-0.2, 0) is 0 Å². The van der Waals surface area contributed by atoms with Crippen molar-refractivity contribution in [1.82, 2.24) is 4.90 Å². The number of para-hydroxylation sites is 1. The van der Waals surface area contributed by atoms with Gasteiger partial charge in [-0.15, -0.1) is 0 Å². The van der Waals surface area contributed by atoms with E-state index in [2.05, 4.69) is 30.9 Å². The second-order valence-corrected chi connectivity index (χ2v) is 6.35. The lowest BCUT2D eigenvalue weighted by molar-refractivity contribution is 0.276. The minimum absolute atomic E-state index is 0.0340. The molecule has 1 saturated heterocycles. The Morgan fingerprint density at radius 3 is 2.85 bits per heavy atom. The molecule has 1 fully saturated rings. The van der Waals surface area contributed by atoms with Crippen molar-refractivity contribution in [2.75, 3.05) is 19.6 Å². The van der Waals surface area contributed by atoms with Crippen LogP contribution in [0.3, 0.4) is 0 Å². The van der Waals surface area contributed by atoms with Crippen molar-refractivity contribution in [3.05, 3.63) is 36.1 Å². The molecule has 1 aliphatic rings. The van der Waals surface area contributed by atoms with Crippen molar-refractivity contribution in [1.29, 1.82) is 0 Å². The zero-order chi connectivity index (χ0) is 14.1. The lowest BCUT2D eigenvalue weighted by atomic mass is 9.95. The highest BCUT2D eigenvalue weighted by Crippen LogP contribution is 2.27. The fourth-order valence-corrected chi connectivity index (χ4v) is 3.13. The van der Waals surface area contributed by atoms with Crippen molar-refractivity contribution >= 4 is 11.0 Å². The van der Waals surface area contributed by atoms with Crippen LogP contribution >= 0.6 is 0 Å². The average molecular weight is 272 g/mol. The maximum Gasteiger partial charge on any atom is 0.134 e. The molecule has 2 unspecified atom stereocenters.